The van der Waals surface area contributed by atoms with Crippen molar-refractivity contribution in [2.24, 2.45) is 50.2 Å². The molecule has 0 amide bonds. The van der Waals surface area contributed by atoms with Crippen molar-refractivity contribution in [3.8, 4) is 0 Å². The third-order valence-electron chi connectivity index (χ3n) is 21.5. The number of fused-ring (bicyclic) bond motifs is 7. The first-order valence-electron chi connectivity index (χ1n) is 28.3. The maximum atomic E-state index is 13.9. The first-order valence-corrected chi connectivity index (χ1v) is 28.3. The molecule has 83 heavy (non-hydrogen) atoms. The molecule has 4 saturated carbocycles. The predicted octanol–water partition coefficient (Wildman–Crippen LogP) is -0.770. The van der Waals surface area contributed by atoms with Crippen LogP contribution >= 0.6 is 0 Å². The van der Waals surface area contributed by atoms with E-state index in [-0.39, 0.29) is 89.8 Å². The average Bonchev–Trinajstić information content (AvgIpc) is 1.15. The molecule has 3 aliphatic heterocycles. The summed E-state index contributed by atoms with van der Waals surface area (Å²) in [6, 6.07) is 0. The van der Waals surface area contributed by atoms with Gasteiger partial charge in [-0.25, -0.2) is 14.4 Å². The van der Waals surface area contributed by atoms with Crippen molar-refractivity contribution >= 4 is 17.9 Å². The molecule has 466 valence electrons. The minimum absolute atomic E-state index is 0. The van der Waals surface area contributed by atoms with E-state index in [2.05, 4.69) is 19.9 Å². The largest absolute Gasteiger partial charge is 0.479 e. The maximum Gasteiger partial charge on any atom is 0.335 e. The van der Waals surface area contributed by atoms with Crippen LogP contribution in [0.2, 0.25) is 0 Å². The molecule has 0 bridgehead atoms. The van der Waals surface area contributed by atoms with E-state index in [0.717, 1.165) is 5.57 Å². The van der Waals surface area contributed by atoms with E-state index in [1.54, 1.807) is 39.8 Å². The van der Waals surface area contributed by atoms with Crippen molar-refractivity contribution < 1.29 is 184 Å². The minimum atomic E-state index is -2.18. The fourth-order valence-corrected chi connectivity index (χ4v) is 16.2. The molecule has 13 N–H and O–H groups in total. The van der Waals surface area contributed by atoms with Crippen molar-refractivity contribution in [1.29, 1.82) is 0 Å². The third kappa shape index (κ3) is 11.5. The van der Waals surface area contributed by atoms with E-state index < -0.39 is 205 Å². The molecular formula is C57H88O24Y2. The quantitative estimate of drug-likeness (QED) is 0.0414. The average molecular weight is 1340 g/mol. The number of carboxylic acids is 1. The third-order valence-corrected chi connectivity index (χ3v) is 21.5. The monoisotopic (exact) mass is 1330 g/mol. The maximum absolute atomic E-state index is 13.9. The normalized spacial score (nSPS) is 48.6. The molecule has 27 atom stereocenters. The zero-order valence-corrected chi connectivity index (χ0v) is 54.6. The molecule has 8 aliphatic rings. The Morgan fingerprint density at radius 2 is 1.16 bits per heavy atom. The standard InChI is InChI=1S/C57H88O24.2Y/c1-11-24(3)47(72)80-44-45(81-48(73)25(4)12-2)57(23-61)27(19-52(44,5)6)26-13-14-31-53(7)17-16-32(54(8,22-60)30(53)15-18-55(31,9)56(26,10)42(68)43(57)69)76-51-41(79-50-37(66)35(64)33(62)28(20-58)74-50)39(38(67)40(78-51)46(70)71)77-49-36(65)34(63)29(21-59)75-49;;/h11-13,27-45,49-51,58-69H,14-23H2,1-10H3,(H,70,71);;/b24-11-,25-12-;;/t27?,28?,29-,30?,31?,32-,33+,34?,35+,36-,37?,38-,39+,40?,41?,42-,43+,44-,45-,49-,50-,51+,53-,54+,55+,56-,57-;;/m0../s1. The van der Waals surface area contributed by atoms with Gasteiger partial charge in [0.05, 0.1) is 50.2 Å². The number of rotatable bonds is 15. The van der Waals surface area contributed by atoms with E-state index in [9.17, 15) is 80.8 Å². The topological polar surface area (TPSA) is 388 Å². The van der Waals surface area contributed by atoms with Gasteiger partial charge >= 0.3 is 17.9 Å². The van der Waals surface area contributed by atoms with Crippen LogP contribution in [0.15, 0.2) is 34.9 Å². The van der Waals surface area contributed by atoms with Crippen LogP contribution in [0.4, 0.5) is 0 Å². The van der Waals surface area contributed by atoms with Crippen molar-refractivity contribution in [3.63, 3.8) is 0 Å². The summed E-state index contributed by atoms with van der Waals surface area (Å²) in [5, 5.41) is 146. The second-order valence-electron chi connectivity index (χ2n) is 25.9. The summed E-state index contributed by atoms with van der Waals surface area (Å²) in [5.74, 6) is -4.48. The summed E-state index contributed by atoms with van der Waals surface area (Å²) in [5.41, 5.74) is -5.25. The molecule has 3 heterocycles. The molecule has 0 aromatic carbocycles. The number of carbonyl (C=O) groups excluding carboxylic acids is 2. The number of esters is 2. The molecule has 0 aromatic rings. The minimum Gasteiger partial charge on any atom is -0.479 e. The Morgan fingerprint density at radius 1 is 0.627 bits per heavy atom. The van der Waals surface area contributed by atoms with E-state index in [4.69, 9.17) is 37.9 Å². The van der Waals surface area contributed by atoms with Crippen molar-refractivity contribution in [1.82, 2.24) is 0 Å². The molecular weight excluding hydrogens is 1250 g/mol. The van der Waals surface area contributed by atoms with E-state index in [1.165, 1.54) is 0 Å². The SMILES string of the molecule is C/C=C(/C)C(=O)O[C@H]1[C@H](OC(=O)/C(C)=C\C)[C@@]2(CO)C(CC1(C)C)C1=CCC3[C@@]4(C)CC[C@H](O[C@@H]5OC(C(=O)O)[C@@H](O)[C@@H](O[C@@H]6O[C@@H](CO)C(O)[C@@H]6O)C5O[C@@H]5OC(CO)[C@@H](O)[C@@H](O)C5O)[C@](C)(CO)C4CC[C@@]3(C)[C@]1(C)[C@@H](O)[C@H]2O.[Y].[Y]. The molecule has 3 saturated heterocycles. The second kappa shape index (κ2) is 26.5. The fraction of sp³-hybridized carbons (Fsp3) is 0.842. The second-order valence-corrected chi connectivity index (χ2v) is 25.9. The summed E-state index contributed by atoms with van der Waals surface area (Å²) >= 11 is 0. The van der Waals surface area contributed by atoms with Gasteiger partial charge in [0.1, 0.15) is 67.1 Å². The first kappa shape index (κ1) is 71.2. The van der Waals surface area contributed by atoms with Crippen molar-refractivity contribution in [2.45, 2.75) is 224 Å². The number of carbonyl (C=O) groups is 3. The van der Waals surface area contributed by atoms with E-state index in [1.807, 2.05) is 27.7 Å². The number of carboxylic acid groups (broad SMARTS) is 1. The summed E-state index contributed by atoms with van der Waals surface area (Å²) in [7, 11) is 0. The van der Waals surface area contributed by atoms with Gasteiger partial charge in [-0.05, 0) is 94.8 Å². The predicted molar refractivity (Wildman–Crippen MR) is 278 cm³/mol. The molecule has 5 aliphatic carbocycles. The van der Waals surface area contributed by atoms with E-state index >= 15 is 0 Å². The number of aliphatic hydroxyl groups excluding tert-OH is 12. The van der Waals surface area contributed by atoms with Crippen LogP contribution in [0.25, 0.3) is 0 Å². The van der Waals surface area contributed by atoms with Gasteiger partial charge in [-0.2, -0.15) is 0 Å². The van der Waals surface area contributed by atoms with Crippen LogP contribution in [-0.4, -0.2) is 227 Å². The summed E-state index contributed by atoms with van der Waals surface area (Å²) in [6.07, 6.45) is -25.7. The number of aliphatic hydroxyl groups is 12. The van der Waals surface area contributed by atoms with Gasteiger partial charge in [0, 0.05) is 92.8 Å². The number of aliphatic carboxylic acids is 1. The van der Waals surface area contributed by atoms with Gasteiger partial charge in [-0.1, -0.05) is 65.3 Å². The van der Waals surface area contributed by atoms with Crippen LogP contribution in [0.3, 0.4) is 0 Å². The Morgan fingerprint density at radius 3 is 1.67 bits per heavy atom. The van der Waals surface area contributed by atoms with Crippen LogP contribution in [0, 0.1) is 50.2 Å². The summed E-state index contributed by atoms with van der Waals surface area (Å²) in [6.45, 7) is 15.3. The van der Waals surface area contributed by atoms with Gasteiger partial charge in [0.15, 0.2) is 31.1 Å². The van der Waals surface area contributed by atoms with Gasteiger partial charge in [0.2, 0.25) is 0 Å². The van der Waals surface area contributed by atoms with Crippen LogP contribution < -0.4 is 0 Å². The zero-order chi connectivity index (χ0) is 60.0. The molecule has 8 unspecified atom stereocenters. The molecule has 7 fully saturated rings. The number of hydrogen-bond acceptors (Lipinski definition) is 23. The fourth-order valence-electron chi connectivity index (χ4n) is 16.2. The first-order chi connectivity index (χ1) is 37.9. The molecule has 0 aromatic heterocycles. The Kier molecular flexibility index (Phi) is 22.7. The molecule has 24 nitrogen and oxygen atoms in total. The van der Waals surface area contributed by atoms with Gasteiger partial charge < -0.3 is 104 Å². The zero-order valence-electron chi connectivity index (χ0n) is 49.0. The summed E-state index contributed by atoms with van der Waals surface area (Å²) in [4.78, 5) is 40.4. The van der Waals surface area contributed by atoms with E-state index in [0.29, 0.717) is 31.3 Å². The smallest absolute Gasteiger partial charge is 0.335 e. The molecule has 8 rings (SSSR count). The Balaban J connectivity index is 0.00000553. The molecule has 26 heteroatoms. The molecule has 2 radical (unpaired) electrons. The number of ether oxygens (including phenoxy) is 8. The van der Waals surface area contributed by atoms with Crippen LogP contribution in [0.5, 0.6) is 0 Å². The Hall–Kier alpha value is -0.882. The molecule has 0 spiro atoms. The van der Waals surface area contributed by atoms with Gasteiger partial charge in [0.25, 0.3) is 0 Å². The number of hydrogen-bond donors (Lipinski definition) is 13. The number of allylic oxidation sites excluding steroid dienone is 3. The Labute approximate surface area is 534 Å². The van der Waals surface area contributed by atoms with Gasteiger partial charge in [-0.3, -0.25) is 0 Å². The van der Waals surface area contributed by atoms with Crippen molar-refractivity contribution in [3.05, 3.63) is 34.9 Å². The van der Waals surface area contributed by atoms with Crippen LogP contribution in [-0.2, 0) is 118 Å². The van der Waals surface area contributed by atoms with Gasteiger partial charge in [-0.15, -0.1) is 0 Å². The van der Waals surface area contributed by atoms with Crippen molar-refractivity contribution in [2.75, 3.05) is 26.4 Å². The van der Waals surface area contributed by atoms with Crippen LogP contribution in [0.1, 0.15) is 108 Å². The summed E-state index contributed by atoms with van der Waals surface area (Å²) < 4.78 is 48.8. The Bertz CT molecular complexity index is 2430.